The Morgan fingerprint density at radius 1 is 0.567 bits per heavy atom. The van der Waals surface area contributed by atoms with Gasteiger partial charge in [0, 0.05) is 0 Å². The van der Waals surface area contributed by atoms with Crippen LogP contribution in [0.4, 0.5) is 0 Å². The minimum absolute atomic E-state index is 0. The van der Waals surface area contributed by atoms with Crippen molar-refractivity contribution in [3.8, 4) is 0 Å². The molecule has 0 aliphatic heterocycles. The van der Waals surface area contributed by atoms with E-state index < -0.39 is 5.69 Å². The third kappa shape index (κ3) is 63.0. The Bertz CT molecular complexity index is 267. The molecule has 0 spiro atoms. The van der Waals surface area contributed by atoms with Crippen molar-refractivity contribution in [1.82, 2.24) is 0 Å². The average molecular weight is 534 g/mol. The molecule has 2 nitrogen and oxygen atoms in total. The summed E-state index contributed by atoms with van der Waals surface area (Å²) in [6.07, 6.45) is 27.8. The summed E-state index contributed by atoms with van der Waals surface area (Å²) in [5, 5.41) is 0. The van der Waals surface area contributed by atoms with E-state index in [0.29, 0.717) is 0 Å². The summed E-state index contributed by atoms with van der Waals surface area (Å²) in [5.74, 6) is 0. The van der Waals surface area contributed by atoms with Gasteiger partial charge in [-0.05, 0) is 11.8 Å². The molecule has 0 fully saturated rings. The molecule has 0 aromatic carbocycles. The van der Waals surface area contributed by atoms with Gasteiger partial charge in [0.1, 0.15) is 0 Å². The molecule has 0 heterocycles. The first kappa shape index (κ1) is 38.8. The van der Waals surface area contributed by atoms with E-state index >= 15 is 0 Å². The van der Waals surface area contributed by atoms with E-state index in [2.05, 4.69) is 51.8 Å². The van der Waals surface area contributed by atoms with E-state index in [9.17, 15) is 0 Å². The molecule has 0 aromatic rings. The third-order valence-electron chi connectivity index (χ3n) is 4.71. The average Bonchev–Trinajstić information content (AvgIpc) is 2.65. The molecule has 0 unspecified atom stereocenters. The largest absolute Gasteiger partial charge is 2.00 e. The molecule has 0 saturated carbocycles. The smallest absolute Gasteiger partial charge is 0.343 e. The zero-order valence-electron chi connectivity index (χ0n) is 20.5. The van der Waals surface area contributed by atoms with Crippen LogP contribution in [0, 0.1) is 13.8 Å². The maximum Gasteiger partial charge on any atom is 2.00 e. The molecule has 0 radical (unpaired) electrons. The maximum atomic E-state index is 7.87. The molecule has 0 amide bonds. The number of hydrogen-bond acceptors (Lipinski definition) is 1. The van der Waals surface area contributed by atoms with Gasteiger partial charge in [-0.15, -0.1) is 0 Å². The monoisotopic (exact) mass is 532 g/mol. The summed E-state index contributed by atoms with van der Waals surface area (Å²) in [6, 6.07) is 0. The van der Waals surface area contributed by atoms with Crippen LogP contribution < -0.4 is 0 Å². The Morgan fingerprint density at radius 3 is 0.900 bits per heavy atom. The van der Waals surface area contributed by atoms with Crippen molar-refractivity contribution in [2.24, 2.45) is 0 Å². The van der Waals surface area contributed by atoms with Crippen molar-refractivity contribution in [2.45, 2.75) is 142 Å². The number of thiol groups is 1. The molecule has 0 bridgehead atoms. The van der Waals surface area contributed by atoms with Gasteiger partial charge < -0.3 is 23.6 Å². The summed E-state index contributed by atoms with van der Waals surface area (Å²) in [5.41, 5.74) is -3.11. The summed E-state index contributed by atoms with van der Waals surface area (Å²) in [4.78, 5) is 15.7. The molecule has 0 aliphatic carbocycles. The third-order valence-corrected chi connectivity index (χ3v) is 4.71. The zero-order valence-corrected chi connectivity index (χ0v) is 26.0. The van der Waals surface area contributed by atoms with Gasteiger partial charge in [-0.1, -0.05) is 142 Å². The summed E-state index contributed by atoms with van der Waals surface area (Å²) in [6.45, 7) is 12.2. The van der Waals surface area contributed by atoms with Gasteiger partial charge >= 0.3 is 19.5 Å². The second-order valence-electron chi connectivity index (χ2n) is 7.88. The molecule has 2 N–H and O–H groups in total. The zero-order chi connectivity index (χ0) is 22.6. The molecule has 0 rings (SSSR count). The van der Waals surface area contributed by atoms with Gasteiger partial charge in [0.2, 0.25) is 5.69 Å². The minimum atomic E-state index is -3.11. The topological polar surface area (TPSA) is 40.5 Å². The quantitative estimate of drug-likeness (QED) is 0.0540. The molecule has 0 aliphatic rings. The maximum absolute atomic E-state index is 7.87. The Hall–Kier alpha value is 1.54. The van der Waals surface area contributed by atoms with Crippen LogP contribution in [0.15, 0.2) is 0 Å². The van der Waals surface area contributed by atoms with Gasteiger partial charge in [-0.3, -0.25) is 0 Å². The van der Waals surface area contributed by atoms with Gasteiger partial charge in [0.05, 0.1) is 0 Å². The van der Waals surface area contributed by atoms with Crippen LogP contribution in [0.5, 0.6) is 0 Å². The molecule has 6 heteroatoms. The van der Waals surface area contributed by atoms with E-state index in [1.54, 1.807) is 0 Å². The predicted octanol–water partition coefficient (Wildman–Crippen LogP) is 9.61. The van der Waals surface area contributed by atoms with Gasteiger partial charge in [0.25, 0.3) is 0 Å². The van der Waals surface area contributed by atoms with E-state index in [1.165, 1.54) is 116 Å². The van der Waals surface area contributed by atoms with Crippen LogP contribution in [0.3, 0.4) is 0 Å². The first-order valence-electron chi connectivity index (χ1n) is 12.2. The van der Waals surface area contributed by atoms with Crippen molar-refractivity contribution in [1.29, 1.82) is 0 Å². The van der Waals surface area contributed by atoms with Gasteiger partial charge in [0.15, 0.2) is 0 Å². The van der Waals surface area contributed by atoms with Crippen LogP contribution in [-0.2, 0) is 31.3 Å². The Kier molecular flexibility index (Phi) is 45.4. The molecule has 0 aromatic heterocycles. The second kappa shape index (κ2) is 35.1. The first-order chi connectivity index (χ1) is 13.8. The van der Waals surface area contributed by atoms with Gasteiger partial charge in [-0.2, -0.15) is 12.8 Å². The van der Waals surface area contributed by atoms with Crippen molar-refractivity contribution in [2.75, 3.05) is 0 Å². The van der Waals surface area contributed by atoms with E-state index in [4.69, 9.17) is 9.79 Å². The van der Waals surface area contributed by atoms with Crippen LogP contribution >= 0.6 is 17.9 Å². The molecular formula is C24H53O2PS2Zn. The van der Waals surface area contributed by atoms with Crippen molar-refractivity contribution in [3.05, 3.63) is 13.8 Å². The van der Waals surface area contributed by atoms with E-state index in [0.717, 1.165) is 12.8 Å². The summed E-state index contributed by atoms with van der Waals surface area (Å²) < 4.78 is 0. The van der Waals surface area contributed by atoms with Crippen molar-refractivity contribution in [3.63, 3.8) is 0 Å². The van der Waals surface area contributed by atoms with E-state index in [1.807, 2.05) is 0 Å². The number of unbranched alkanes of at least 4 members (excludes halogenated alkanes) is 18. The normalized spacial score (nSPS) is 10.4. The molecule has 0 saturated heterocycles. The van der Waals surface area contributed by atoms with Crippen LogP contribution in [0.2, 0.25) is 0 Å². The SMILES string of the molecule is OP(O)(=S)S.[CH2-]CCCCCCCCCCC.[CH2-]CCCCCCCCCCC.[Zn+2]. The fourth-order valence-electron chi connectivity index (χ4n) is 2.97. The van der Waals surface area contributed by atoms with Crippen LogP contribution in [-0.4, -0.2) is 9.79 Å². The predicted molar refractivity (Wildman–Crippen MR) is 142 cm³/mol. The van der Waals surface area contributed by atoms with Crippen molar-refractivity contribution >= 4 is 29.7 Å². The molecular weight excluding hydrogens is 481 g/mol. The standard InChI is InChI=1S/2C12H25.H3O2PS2.Zn/c2*1-3-5-7-9-11-12-10-8-6-4-2;1-3(2,4)5;/h2*1,3-12H2,2H3;(H3,1,2,4,5);/q2*-1;;+2. The number of hydrogen-bond donors (Lipinski definition) is 3. The first-order valence-corrected chi connectivity index (χ1v) is 16.1. The fraction of sp³-hybridized carbons (Fsp3) is 0.917. The van der Waals surface area contributed by atoms with Crippen molar-refractivity contribution < 1.29 is 29.3 Å². The molecule has 180 valence electrons. The Labute approximate surface area is 214 Å². The number of rotatable bonds is 18. The Morgan fingerprint density at radius 2 is 0.733 bits per heavy atom. The summed E-state index contributed by atoms with van der Waals surface area (Å²) >= 11 is 7.07. The summed E-state index contributed by atoms with van der Waals surface area (Å²) in [7, 11) is 0. The molecule has 30 heavy (non-hydrogen) atoms. The van der Waals surface area contributed by atoms with Crippen LogP contribution in [0.1, 0.15) is 142 Å². The molecule has 0 atom stereocenters. The second-order valence-corrected chi connectivity index (χ2v) is 12.9. The fourth-order valence-corrected chi connectivity index (χ4v) is 2.97. The van der Waals surface area contributed by atoms with Gasteiger partial charge in [-0.25, -0.2) is 0 Å². The minimum Gasteiger partial charge on any atom is -0.343 e. The van der Waals surface area contributed by atoms with E-state index in [-0.39, 0.29) is 19.5 Å². The Balaban J connectivity index is -0.000000180. The van der Waals surface area contributed by atoms with Crippen LogP contribution in [0.25, 0.3) is 0 Å².